The van der Waals surface area contributed by atoms with Crippen LogP contribution in [0.5, 0.6) is 0 Å². The topological polar surface area (TPSA) is 46.6 Å². The highest BCUT2D eigenvalue weighted by Gasteiger charge is 2.45. The van der Waals surface area contributed by atoms with E-state index in [9.17, 15) is 12.8 Å². The van der Waals surface area contributed by atoms with Crippen molar-refractivity contribution in [1.82, 2.24) is 4.31 Å². The van der Waals surface area contributed by atoms with Gasteiger partial charge >= 0.3 is 0 Å². The molecule has 1 aromatic rings. The number of fused-ring (bicyclic) bond motifs is 2. The van der Waals surface area contributed by atoms with E-state index in [4.69, 9.17) is 4.74 Å². The molecule has 18 heavy (non-hydrogen) atoms. The molecule has 98 valence electrons. The smallest absolute Gasteiger partial charge is 0.243 e. The van der Waals surface area contributed by atoms with Crippen molar-refractivity contribution in [1.29, 1.82) is 0 Å². The number of ether oxygens (including phenoxy) is 1. The van der Waals surface area contributed by atoms with Crippen LogP contribution in [0, 0.1) is 5.82 Å². The third-order valence-electron chi connectivity index (χ3n) is 3.54. The fourth-order valence-corrected chi connectivity index (χ4v) is 4.61. The van der Waals surface area contributed by atoms with Crippen LogP contribution in [0.3, 0.4) is 0 Å². The molecule has 2 aliphatic rings. The standard InChI is InChI=1S/C12H14FNO3S/c13-9-2-1-3-12(6-9)18(15,16)14-10-4-5-11(14)8-17-7-10/h1-3,6,10-11H,4-5,7-8H2. The summed E-state index contributed by atoms with van der Waals surface area (Å²) in [5.41, 5.74) is 0. The molecular formula is C12H14FNO3S. The monoisotopic (exact) mass is 271 g/mol. The molecule has 2 atom stereocenters. The maximum absolute atomic E-state index is 13.2. The maximum Gasteiger partial charge on any atom is 0.243 e. The SMILES string of the molecule is O=S(=O)(c1cccc(F)c1)N1C2CCC1COC2. The minimum Gasteiger partial charge on any atom is -0.378 e. The van der Waals surface area contributed by atoms with Crippen LogP contribution in [-0.2, 0) is 14.8 Å². The first-order valence-electron chi connectivity index (χ1n) is 5.96. The summed E-state index contributed by atoms with van der Waals surface area (Å²) in [6, 6.07) is 4.98. The lowest BCUT2D eigenvalue weighted by molar-refractivity contribution is 0.0269. The summed E-state index contributed by atoms with van der Waals surface area (Å²) in [4.78, 5) is 0.0290. The van der Waals surface area contributed by atoms with E-state index in [0.717, 1.165) is 18.9 Å². The second-order valence-corrected chi connectivity index (χ2v) is 6.56. The molecule has 2 heterocycles. The third-order valence-corrected chi connectivity index (χ3v) is 5.55. The van der Waals surface area contributed by atoms with Gasteiger partial charge in [0.1, 0.15) is 5.82 Å². The van der Waals surface area contributed by atoms with Gasteiger partial charge in [0.25, 0.3) is 0 Å². The molecule has 0 aliphatic carbocycles. The number of nitrogens with zero attached hydrogens (tertiary/aromatic N) is 1. The fraction of sp³-hybridized carbons (Fsp3) is 0.500. The number of benzene rings is 1. The Labute approximate surface area is 105 Å². The Morgan fingerprint density at radius 1 is 1.22 bits per heavy atom. The van der Waals surface area contributed by atoms with Gasteiger partial charge in [0.15, 0.2) is 0 Å². The second kappa shape index (κ2) is 4.29. The molecule has 0 N–H and O–H groups in total. The number of hydrogen-bond acceptors (Lipinski definition) is 3. The second-order valence-electron chi connectivity index (χ2n) is 4.71. The van der Waals surface area contributed by atoms with E-state index in [1.54, 1.807) is 0 Å². The largest absolute Gasteiger partial charge is 0.378 e. The van der Waals surface area contributed by atoms with Crippen molar-refractivity contribution in [2.75, 3.05) is 13.2 Å². The van der Waals surface area contributed by atoms with Gasteiger partial charge in [0.2, 0.25) is 10.0 Å². The van der Waals surface area contributed by atoms with Gasteiger partial charge in [-0.25, -0.2) is 12.8 Å². The molecule has 0 spiro atoms. The molecular weight excluding hydrogens is 257 g/mol. The first-order chi connectivity index (χ1) is 8.59. The van der Waals surface area contributed by atoms with Crippen LogP contribution in [0.25, 0.3) is 0 Å². The molecule has 2 saturated heterocycles. The zero-order valence-electron chi connectivity index (χ0n) is 9.75. The lowest BCUT2D eigenvalue weighted by Gasteiger charge is -2.33. The van der Waals surface area contributed by atoms with E-state index >= 15 is 0 Å². The third kappa shape index (κ3) is 1.84. The van der Waals surface area contributed by atoms with Gasteiger partial charge in [-0.15, -0.1) is 0 Å². The Morgan fingerprint density at radius 3 is 2.50 bits per heavy atom. The van der Waals surface area contributed by atoms with Gasteiger partial charge in [0.05, 0.1) is 18.1 Å². The molecule has 0 aromatic heterocycles. The predicted molar refractivity (Wildman–Crippen MR) is 63.1 cm³/mol. The lowest BCUT2D eigenvalue weighted by Crippen LogP contribution is -2.48. The summed E-state index contributed by atoms with van der Waals surface area (Å²) in [6.45, 7) is 0.871. The molecule has 4 nitrogen and oxygen atoms in total. The zero-order chi connectivity index (χ0) is 12.8. The molecule has 2 aliphatic heterocycles. The Bertz CT molecular complexity index is 544. The van der Waals surface area contributed by atoms with Gasteiger partial charge in [-0.05, 0) is 31.0 Å². The number of morpholine rings is 1. The van der Waals surface area contributed by atoms with E-state index in [1.807, 2.05) is 0 Å². The highest BCUT2D eigenvalue weighted by Crippen LogP contribution is 2.34. The van der Waals surface area contributed by atoms with Gasteiger partial charge < -0.3 is 4.74 Å². The number of rotatable bonds is 2. The first-order valence-corrected chi connectivity index (χ1v) is 7.40. The highest BCUT2D eigenvalue weighted by molar-refractivity contribution is 7.89. The Kier molecular flexibility index (Phi) is 2.88. The van der Waals surface area contributed by atoms with E-state index in [1.165, 1.54) is 22.5 Å². The average molecular weight is 271 g/mol. The van der Waals surface area contributed by atoms with E-state index in [-0.39, 0.29) is 17.0 Å². The quantitative estimate of drug-likeness (QED) is 0.816. The molecule has 0 radical (unpaired) electrons. The normalized spacial score (nSPS) is 28.5. The van der Waals surface area contributed by atoms with Crippen molar-refractivity contribution < 1.29 is 17.5 Å². The fourth-order valence-electron chi connectivity index (χ4n) is 2.73. The Hall–Kier alpha value is -0.980. The Balaban J connectivity index is 2.00. The van der Waals surface area contributed by atoms with Crippen LogP contribution in [0.4, 0.5) is 4.39 Å². The molecule has 0 saturated carbocycles. The van der Waals surface area contributed by atoms with E-state index < -0.39 is 15.8 Å². The number of halogens is 1. The van der Waals surface area contributed by atoms with Crippen molar-refractivity contribution in [3.63, 3.8) is 0 Å². The van der Waals surface area contributed by atoms with Gasteiger partial charge in [-0.2, -0.15) is 4.31 Å². The molecule has 2 fully saturated rings. The van der Waals surface area contributed by atoms with Crippen molar-refractivity contribution in [3.8, 4) is 0 Å². The summed E-state index contributed by atoms with van der Waals surface area (Å²) in [5, 5.41) is 0. The predicted octanol–water partition coefficient (Wildman–Crippen LogP) is 1.38. The van der Waals surface area contributed by atoms with Crippen molar-refractivity contribution in [2.45, 2.75) is 29.8 Å². The van der Waals surface area contributed by atoms with Crippen LogP contribution < -0.4 is 0 Å². The van der Waals surface area contributed by atoms with E-state index in [0.29, 0.717) is 13.2 Å². The zero-order valence-corrected chi connectivity index (χ0v) is 10.6. The Morgan fingerprint density at radius 2 is 1.89 bits per heavy atom. The summed E-state index contributed by atoms with van der Waals surface area (Å²) < 4.78 is 45.0. The van der Waals surface area contributed by atoms with E-state index in [2.05, 4.69) is 0 Å². The minimum atomic E-state index is -3.61. The van der Waals surface area contributed by atoms with Gasteiger partial charge in [-0.1, -0.05) is 6.07 Å². The van der Waals surface area contributed by atoms with Crippen molar-refractivity contribution >= 4 is 10.0 Å². The van der Waals surface area contributed by atoms with Crippen molar-refractivity contribution in [2.24, 2.45) is 0 Å². The molecule has 0 amide bonds. The van der Waals surface area contributed by atoms with Gasteiger partial charge in [0, 0.05) is 12.1 Å². The summed E-state index contributed by atoms with van der Waals surface area (Å²) in [6.07, 6.45) is 1.64. The van der Waals surface area contributed by atoms with Crippen LogP contribution >= 0.6 is 0 Å². The van der Waals surface area contributed by atoms with Crippen LogP contribution in [0.15, 0.2) is 29.2 Å². The summed E-state index contributed by atoms with van der Waals surface area (Å²) in [7, 11) is -3.61. The number of hydrogen-bond donors (Lipinski definition) is 0. The molecule has 6 heteroatoms. The van der Waals surface area contributed by atoms with Crippen molar-refractivity contribution in [3.05, 3.63) is 30.1 Å². The summed E-state index contributed by atoms with van der Waals surface area (Å²) in [5.74, 6) is -0.531. The molecule has 2 bridgehead atoms. The lowest BCUT2D eigenvalue weighted by atomic mass is 10.2. The molecule has 2 unspecified atom stereocenters. The van der Waals surface area contributed by atoms with Gasteiger partial charge in [-0.3, -0.25) is 0 Å². The maximum atomic E-state index is 13.2. The highest BCUT2D eigenvalue weighted by atomic mass is 32.2. The van der Waals surface area contributed by atoms with Crippen LogP contribution in [0.2, 0.25) is 0 Å². The summed E-state index contributed by atoms with van der Waals surface area (Å²) >= 11 is 0. The average Bonchev–Trinajstić information content (AvgIpc) is 2.61. The minimum absolute atomic E-state index is 0.0290. The molecule has 1 aromatic carbocycles. The van der Waals surface area contributed by atoms with Crippen LogP contribution in [0.1, 0.15) is 12.8 Å². The molecule has 3 rings (SSSR count). The number of sulfonamides is 1. The first kappa shape index (κ1) is 12.1. The van der Waals surface area contributed by atoms with Crippen LogP contribution in [-0.4, -0.2) is 38.0 Å².